The Balaban J connectivity index is 2.70. The summed E-state index contributed by atoms with van der Waals surface area (Å²) < 4.78 is 61.4. The van der Waals surface area contributed by atoms with Crippen LogP contribution in [0.4, 0.5) is 13.2 Å². The molecule has 28 heavy (non-hydrogen) atoms. The maximum absolute atomic E-state index is 12.7. The Morgan fingerprint density at radius 1 is 1.11 bits per heavy atom. The number of hydrogen-bond donors (Lipinski definition) is 3. The lowest BCUT2D eigenvalue weighted by atomic mass is 9.92. The second kappa shape index (κ2) is 9.77. The van der Waals surface area contributed by atoms with Crippen LogP contribution in [0.5, 0.6) is 0 Å². The lowest BCUT2D eigenvalue weighted by Crippen LogP contribution is -2.52. The SMILES string of the molecule is CCNC(=O)C(C)(C)CN=C(NCC)NC1CCN(S(=O)(=O)C(F)(F)F)CC1. The van der Waals surface area contributed by atoms with E-state index in [1.807, 2.05) is 13.8 Å². The molecule has 0 aromatic rings. The van der Waals surface area contributed by atoms with Crippen molar-refractivity contribution < 1.29 is 26.4 Å². The van der Waals surface area contributed by atoms with Crippen LogP contribution in [0.25, 0.3) is 0 Å². The van der Waals surface area contributed by atoms with Crippen LogP contribution in [0.1, 0.15) is 40.5 Å². The van der Waals surface area contributed by atoms with Crippen LogP contribution in [0.15, 0.2) is 4.99 Å². The molecule has 0 spiro atoms. The number of amides is 1. The van der Waals surface area contributed by atoms with Gasteiger partial charge in [-0.2, -0.15) is 17.5 Å². The lowest BCUT2D eigenvalue weighted by molar-refractivity contribution is -0.128. The molecule has 1 aliphatic rings. The summed E-state index contributed by atoms with van der Waals surface area (Å²) >= 11 is 0. The Kier molecular flexibility index (Phi) is 8.54. The van der Waals surface area contributed by atoms with Crippen LogP contribution in [0.3, 0.4) is 0 Å². The minimum absolute atomic E-state index is 0.125. The van der Waals surface area contributed by atoms with Gasteiger partial charge in [0.1, 0.15) is 0 Å². The van der Waals surface area contributed by atoms with E-state index in [1.54, 1.807) is 13.8 Å². The summed E-state index contributed by atoms with van der Waals surface area (Å²) in [4.78, 5) is 16.5. The molecular formula is C16H30F3N5O3S. The predicted octanol–water partition coefficient (Wildman–Crippen LogP) is 1.02. The van der Waals surface area contributed by atoms with Gasteiger partial charge in [0.2, 0.25) is 5.91 Å². The average molecular weight is 430 g/mol. The maximum atomic E-state index is 12.7. The molecule has 164 valence electrons. The van der Waals surface area contributed by atoms with Gasteiger partial charge in [-0.05, 0) is 40.5 Å². The molecule has 0 saturated carbocycles. The van der Waals surface area contributed by atoms with E-state index in [4.69, 9.17) is 0 Å². The van der Waals surface area contributed by atoms with E-state index in [0.717, 1.165) is 0 Å². The summed E-state index contributed by atoms with van der Waals surface area (Å²) in [6, 6.07) is -0.218. The molecule has 8 nitrogen and oxygen atoms in total. The molecule has 1 rings (SSSR count). The minimum atomic E-state index is -5.29. The molecule has 0 aromatic carbocycles. The smallest absolute Gasteiger partial charge is 0.357 e. The third-order valence-corrected chi connectivity index (χ3v) is 5.99. The van der Waals surface area contributed by atoms with Gasteiger partial charge in [-0.3, -0.25) is 9.79 Å². The molecule has 0 radical (unpaired) electrons. The average Bonchev–Trinajstić information content (AvgIpc) is 2.59. The van der Waals surface area contributed by atoms with Crippen LogP contribution >= 0.6 is 0 Å². The number of aliphatic imine (C=N–C) groups is 1. The Hall–Kier alpha value is -1.56. The molecule has 0 atom stereocenters. The third kappa shape index (κ3) is 6.50. The lowest BCUT2D eigenvalue weighted by Gasteiger charge is -2.32. The fourth-order valence-electron chi connectivity index (χ4n) is 2.65. The van der Waals surface area contributed by atoms with Crippen LogP contribution < -0.4 is 16.0 Å². The monoisotopic (exact) mass is 429 g/mol. The Bertz CT molecular complexity index is 657. The first kappa shape index (κ1) is 24.5. The van der Waals surface area contributed by atoms with Gasteiger partial charge in [0.25, 0.3) is 0 Å². The Labute approximate surface area is 164 Å². The van der Waals surface area contributed by atoms with Gasteiger partial charge in [-0.15, -0.1) is 0 Å². The maximum Gasteiger partial charge on any atom is 0.511 e. The normalized spacial score (nSPS) is 18.0. The van der Waals surface area contributed by atoms with E-state index >= 15 is 0 Å². The summed E-state index contributed by atoms with van der Waals surface area (Å²) in [6.45, 7) is 8.09. The van der Waals surface area contributed by atoms with Gasteiger partial charge < -0.3 is 16.0 Å². The topological polar surface area (TPSA) is 103 Å². The zero-order valence-electron chi connectivity index (χ0n) is 16.7. The van der Waals surface area contributed by atoms with E-state index < -0.39 is 20.9 Å². The number of piperidine rings is 1. The van der Waals surface area contributed by atoms with E-state index in [2.05, 4.69) is 20.9 Å². The molecule has 3 N–H and O–H groups in total. The fraction of sp³-hybridized carbons (Fsp3) is 0.875. The van der Waals surface area contributed by atoms with E-state index in [-0.39, 0.29) is 44.4 Å². The van der Waals surface area contributed by atoms with Crippen LogP contribution in [-0.2, 0) is 14.8 Å². The molecule has 0 aliphatic carbocycles. The molecule has 1 aliphatic heterocycles. The fourth-order valence-corrected chi connectivity index (χ4v) is 3.63. The molecule has 1 fully saturated rings. The van der Waals surface area contributed by atoms with Gasteiger partial charge in [-0.25, -0.2) is 8.42 Å². The van der Waals surface area contributed by atoms with Crippen molar-refractivity contribution in [2.75, 3.05) is 32.7 Å². The first-order chi connectivity index (χ1) is 12.8. The number of carbonyl (C=O) groups excluding carboxylic acids is 1. The highest BCUT2D eigenvalue weighted by molar-refractivity contribution is 7.90. The van der Waals surface area contributed by atoms with Crippen molar-refractivity contribution >= 4 is 21.9 Å². The zero-order chi connectivity index (χ0) is 21.6. The largest absolute Gasteiger partial charge is 0.511 e. The second-order valence-corrected chi connectivity index (χ2v) is 9.14. The van der Waals surface area contributed by atoms with Crippen molar-refractivity contribution in [2.24, 2.45) is 10.4 Å². The standard InChI is InChI=1S/C16H30F3N5O3S/c1-5-20-13(25)15(3,4)11-22-14(21-6-2)23-12-7-9-24(10-8-12)28(26,27)16(17,18)19/h12H,5-11H2,1-4H3,(H,20,25)(H2,21,22,23). The second-order valence-electron chi connectivity index (χ2n) is 7.21. The molecule has 1 amide bonds. The highest BCUT2D eigenvalue weighted by Gasteiger charge is 2.50. The number of hydrogen-bond acceptors (Lipinski definition) is 4. The van der Waals surface area contributed by atoms with Crippen LogP contribution in [0.2, 0.25) is 0 Å². The molecule has 0 aromatic heterocycles. The number of rotatable bonds is 7. The number of halogens is 3. The van der Waals surface area contributed by atoms with E-state index in [0.29, 0.717) is 23.4 Å². The zero-order valence-corrected chi connectivity index (χ0v) is 17.5. The van der Waals surface area contributed by atoms with Gasteiger partial charge in [0.15, 0.2) is 5.96 Å². The summed E-state index contributed by atoms with van der Waals surface area (Å²) in [5, 5.41) is 8.90. The molecule has 12 heteroatoms. The first-order valence-corrected chi connectivity index (χ1v) is 10.7. The molecule has 1 saturated heterocycles. The van der Waals surface area contributed by atoms with Gasteiger partial charge in [0.05, 0.1) is 12.0 Å². The number of guanidine groups is 1. The summed E-state index contributed by atoms with van der Waals surface area (Å²) in [7, 11) is -5.29. The molecular weight excluding hydrogens is 399 g/mol. The third-order valence-electron chi connectivity index (χ3n) is 4.36. The molecule has 0 unspecified atom stereocenters. The van der Waals surface area contributed by atoms with Gasteiger partial charge >= 0.3 is 15.5 Å². The first-order valence-electron chi connectivity index (χ1n) is 9.24. The van der Waals surface area contributed by atoms with Crippen molar-refractivity contribution in [2.45, 2.75) is 52.1 Å². The summed E-state index contributed by atoms with van der Waals surface area (Å²) in [5.74, 6) is 0.317. The Morgan fingerprint density at radius 3 is 2.11 bits per heavy atom. The highest BCUT2D eigenvalue weighted by atomic mass is 32.2. The number of sulfonamides is 1. The van der Waals surface area contributed by atoms with E-state index in [1.165, 1.54) is 0 Å². The van der Waals surface area contributed by atoms with Gasteiger partial charge in [-0.1, -0.05) is 0 Å². The van der Waals surface area contributed by atoms with Crippen molar-refractivity contribution in [1.82, 2.24) is 20.3 Å². The summed E-state index contributed by atoms with van der Waals surface area (Å²) in [5.41, 5.74) is -6.00. The van der Waals surface area contributed by atoms with Crippen molar-refractivity contribution in [3.8, 4) is 0 Å². The molecule has 1 heterocycles. The quantitative estimate of drug-likeness (QED) is 0.414. The highest BCUT2D eigenvalue weighted by Crippen LogP contribution is 2.28. The van der Waals surface area contributed by atoms with Crippen LogP contribution in [0, 0.1) is 5.41 Å². The molecule has 0 bridgehead atoms. The van der Waals surface area contributed by atoms with Gasteiger partial charge in [0, 0.05) is 32.2 Å². The van der Waals surface area contributed by atoms with Crippen molar-refractivity contribution in [3.63, 3.8) is 0 Å². The predicted molar refractivity (Wildman–Crippen MR) is 101 cm³/mol. The number of alkyl halides is 3. The van der Waals surface area contributed by atoms with Crippen molar-refractivity contribution in [1.29, 1.82) is 0 Å². The number of carbonyl (C=O) groups is 1. The Morgan fingerprint density at radius 2 is 1.64 bits per heavy atom. The minimum Gasteiger partial charge on any atom is -0.357 e. The summed E-state index contributed by atoms with van der Waals surface area (Å²) in [6.07, 6.45) is 0.443. The van der Waals surface area contributed by atoms with E-state index in [9.17, 15) is 26.4 Å². The number of nitrogens with one attached hydrogen (secondary N) is 3. The number of nitrogens with zero attached hydrogens (tertiary/aromatic N) is 2. The van der Waals surface area contributed by atoms with Crippen LogP contribution in [-0.4, -0.2) is 68.9 Å². The van der Waals surface area contributed by atoms with Crippen molar-refractivity contribution in [3.05, 3.63) is 0 Å².